The highest BCUT2D eigenvalue weighted by atomic mass is 35.5. The van der Waals surface area contributed by atoms with Crippen LogP contribution < -0.4 is 5.73 Å². The fourth-order valence-corrected chi connectivity index (χ4v) is 0.645. The van der Waals surface area contributed by atoms with E-state index < -0.39 is 0 Å². The lowest BCUT2D eigenvalue weighted by Gasteiger charge is -2.00. The minimum absolute atomic E-state index is 0. The molecule has 2 N–H and O–H groups in total. The molecule has 10 heavy (non-hydrogen) atoms. The van der Waals surface area contributed by atoms with Crippen molar-refractivity contribution in [2.45, 2.75) is 13.0 Å². The average Bonchev–Trinajstić information content (AvgIpc) is 1.90. The van der Waals surface area contributed by atoms with Crippen LogP contribution >= 0.6 is 12.4 Å². The Morgan fingerprint density at radius 2 is 2.20 bits per heavy atom. The Morgan fingerprint density at radius 3 is 2.50 bits per heavy atom. The molecule has 0 aliphatic carbocycles. The molecule has 1 aromatic heterocycles. The second-order valence-corrected chi connectivity index (χ2v) is 2.04. The molecule has 2 nitrogen and oxygen atoms in total. The molecule has 1 atom stereocenters. The summed E-state index contributed by atoms with van der Waals surface area (Å²) in [6, 6.07) is 5.79. The largest absolute Gasteiger partial charge is 0.323 e. The van der Waals surface area contributed by atoms with Gasteiger partial charge in [-0.15, -0.1) is 12.4 Å². The van der Waals surface area contributed by atoms with E-state index in [1.165, 1.54) is 0 Å². The van der Waals surface area contributed by atoms with E-state index in [1.54, 1.807) is 6.20 Å². The van der Waals surface area contributed by atoms with Gasteiger partial charge in [0.05, 0.1) is 5.69 Å². The number of hydrogen-bond acceptors (Lipinski definition) is 2. The lowest BCUT2D eigenvalue weighted by atomic mass is 10.2. The van der Waals surface area contributed by atoms with Crippen LogP contribution in [0.4, 0.5) is 0 Å². The summed E-state index contributed by atoms with van der Waals surface area (Å²) in [5.74, 6) is 0. The quantitative estimate of drug-likeness (QED) is 0.673. The first-order valence-electron chi connectivity index (χ1n) is 2.97. The van der Waals surface area contributed by atoms with Gasteiger partial charge in [-0.3, -0.25) is 4.98 Å². The summed E-state index contributed by atoms with van der Waals surface area (Å²) < 4.78 is 0. The molecule has 56 valence electrons. The minimum atomic E-state index is 0. The van der Waals surface area contributed by atoms with Gasteiger partial charge in [0.2, 0.25) is 0 Å². The third-order valence-electron chi connectivity index (χ3n) is 1.15. The van der Waals surface area contributed by atoms with E-state index in [1.807, 2.05) is 25.1 Å². The predicted octanol–water partition coefficient (Wildman–Crippen LogP) is 1.52. The zero-order valence-electron chi connectivity index (χ0n) is 5.82. The summed E-state index contributed by atoms with van der Waals surface area (Å²) >= 11 is 0. The van der Waals surface area contributed by atoms with Crippen molar-refractivity contribution in [2.24, 2.45) is 5.73 Å². The zero-order chi connectivity index (χ0) is 6.69. The van der Waals surface area contributed by atoms with Gasteiger partial charge >= 0.3 is 0 Å². The molecule has 0 aromatic carbocycles. The van der Waals surface area contributed by atoms with Gasteiger partial charge in [-0.2, -0.15) is 0 Å². The maximum atomic E-state index is 5.55. The Hall–Kier alpha value is -0.600. The van der Waals surface area contributed by atoms with E-state index in [9.17, 15) is 0 Å². The molecule has 0 aliphatic heterocycles. The molecule has 1 rings (SSSR count). The maximum Gasteiger partial charge on any atom is 0.0568 e. The summed E-state index contributed by atoms with van der Waals surface area (Å²) in [4.78, 5) is 4.05. The standard InChI is InChI=1S/C7H10N2.ClH/c1-6(8)7-4-2-3-5-9-7;/h2-6H,8H2,1H3;1H. The lowest BCUT2D eigenvalue weighted by molar-refractivity contribution is 0.781. The molecule has 0 aliphatic rings. The normalized spacial score (nSPS) is 11.8. The molecule has 0 amide bonds. The van der Waals surface area contributed by atoms with Crippen LogP contribution in [0.15, 0.2) is 24.4 Å². The van der Waals surface area contributed by atoms with Crippen molar-refractivity contribution in [1.82, 2.24) is 4.98 Å². The third kappa shape index (κ3) is 2.33. The predicted molar refractivity (Wildman–Crippen MR) is 44.1 cm³/mol. The van der Waals surface area contributed by atoms with Gasteiger partial charge in [0.1, 0.15) is 0 Å². The first-order valence-corrected chi connectivity index (χ1v) is 2.97. The van der Waals surface area contributed by atoms with Crippen LogP contribution in [0, 0.1) is 0 Å². The van der Waals surface area contributed by atoms with Crippen LogP contribution in [0.2, 0.25) is 0 Å². The number of nitrogens with zero attached hydrogens (tertiary/aromatic N) is 1. The molecule has 0 spiro atoms. The zero-order valence-corrected chi connectivity index (χ0v) is 6.64. The van der Waals surface area contributed by atoms with Gasteiger partial charge in [-0.1, -0.05) is 6.07 Å². The smallest absolute Gasteiger partial charge is 0.0568 e. The van der Waals surface area contributed by atoms with Gasteiger partial charge in [0.15, 0.2) is 0 Å². The lowest BCUT2D eigenvalue weighted by Crippen LogP contribution is -2.06. The van der Waals surface area contributed by atoms with Crippen molar-refractivity contribution >= 4 is 12.4 Å². The molecule has 0 bridgehead atoms. The number of aromatic nitrogens is 1. The molecule has 1 heterocycles. The third-order valence-corrected chi connectivity index (χ3v) is 1.15. The number of halogens is 1. The molecule has 0 radical (unpaired) electrons. The molecule has 3 heteroatoms. The molecule has 1 unspecified atom stereocenters. The summed E-state index contributed by atoms with van der Waals surface area (Å²) in [5.41, 5.74) is 6.49. The van der Waals surface area contributed by atoms with Gasteiger partial charge in [0, 0.05) is 12.2 Å². The van der Waals surface area contributed by atoms with Gasteiger partial charge in [-0.25, -0.2) is 0 Å². The van der Waals surface area contributed by atoms with Crippen molar-refractivity contribution in [3.63, 3.8) is 0 Å². The summed E-state index contributed by atoms with van der Waals surface area (Å²) in [5, 5.41) is 0. The SMILES string of the molecule is CC(N)c1ccccn1.Cl. The highest BCUT2D eigenvalue weighted by molar-refractivity contribution is 5.85. The van der Waals surface area contributed by atoms with Crippen molar-refractivity contribution in [2.75, 3.05) is 0 Å². The van der Waals surface area contributed by atoms with E-state index in [2.05, 4.69) is 4.98 Å². The number of nitrogens with two attached hydrogens (primary N) is 1. The molecule has 0 saturated carbocycles. The van der Waals surface area contributed by atoms with Gasteiger partial charge in [-0.05, 0) is 19.1 Å². The molecule has 0 saturated heterocycles. The average molecular weight is 159 g/mol. The maximum absolute atomic E-state index is 5.55. The van der Waals surface area contributed by atoms with E-state index in [-0.39, 0.29) is 18.4 Å². The van der Waals surface area contributed by atoms with E-state index in [4.69, 9.17) is 5.73 Å². The number of hydrogen-bond donors (Lipinski definition) is 1. The summed E-state index contributed by atoms with van der Waals surface area (Å²) in [6.07, 6.45) is 1.75. The highest BCUT2D eigenvalue weighted by Crippen LogP contribution is 2.02. The van der Waals surface area contributed by atoms with Crippen LogP contribution in [0.5, 0.6) is 0 Å². The summed E-state index contributed by atoms with van der Waals surface area (Å²) in [6.45, 7) is 1.92. The van der Waals surface area contributed by atoms with Crippen molar-refractivity contribution in [3.05, 3.63) is 30.1 Å². The van der Waals surface area contributed by atoms with Crippen LogP contribution in [0.1, 0.15) is 18.7 Å². The number of rotatable bonds is 1. The van der Waals surface area contributed by atoms with E-state index in [0.717, 1.165) is 5.69 Å². The van der Waals surface area contributed by atoms with Gasteiger partial charge < -0.3 is 5.73 Å². The topological polar surface area (TPSA) is 38.9 Å². The fourth-order valence-electron chi connectivity index (χ4n) is 0.645. The van der Waals surface area contributed by atoms with E-state index >= 15 is 0 Å². The van der Waals surface area contributed by atoms with Crippen LogP contribution in [-0.2, 0) is 0 Å². The molecular weight excluding hydrogens is 148 g/mol. The first kappa shape index (κ1) is 9.40. The number of pyridine rings is 1. The monoisotopic (exact) mass is 158 g/mol. The highest BCUT2D eigenvalue weighted by Gasteiger charge is 1.95. The van der Waals surface area contributed by atoms with Gasteiger partial charge in [0.25, 0.3) is 0 Å². The van der Waals surface area contributed by atoms with Crippen LogP contribution in [0.25, 0.3) is 0 Å². The fraction of sp³-hybridized carbons (Fsp3) is 0.286. The first-order chi connectivity index (χ1) is 4.30. The molecule has 0 fully saturated rings. The van der Waals surface area contributed by atoms with Crippen molar-refractivity contribution in [1.29, 1.82) is 0 Å². The molecular formula is C7H11ClN2. The van der Waals surface area contributed by atoms with Crippen molar-refractivity contribution in [3.8, 4) is 0 Å². The van der Waals surface area contributed by atoms with Crippen molar-refractivity contribution < 1.29 is 0 Å². The Kier molecular flexibility index (Phi) is 4.00. The Morgan fingerprint density at radius 1 is 1.50 bits per heavy atom. The summed E-state index contributed by atoms with van der Waals surface area (Å²) in [7, 11) is 0. The Bertz CT molecular complexity index is 174. The second-order valence-electron chi connectivity index (χ2n) is 2.04. The molecule has 1 aromatic rings. The Balaban J connectivity index is 0.000000810. The van der Waals surface area contributed by atoms with Crippen LogP contribution in [-0.4, -0.2) is 4.98 Å². The minimum Gasteiger partial charge on any atom is -0.323 e. The Labute approximate surface area is 66.9 Å². The second kappa shape index (κ2) is 4.25. The van der Waals surface area contributed by atoms with E-state index in [0.29, 0.717) is 0 Å². The van der Waals surface area contributed by atoms with Crippen LogP contribution in [0.3, 0.4) is 0 Å².